The first-order valence-corrected chi connectivity index (χ1v) is 7.65. The summed E-state index contributed by atoms with van der Waals surface area (Å²) in [5.74, 6) is 1.07. The molecule has 0 saturated heterocycles. The van der Waals surface area contributed by atoms with Gasteiger partial charge in [-0.1, -0.05) is 12.1 Å². The molecule has 0 unspecified atom stereocenters. The molecule has 0 radical (unpaired) electrons. The molecule has 0 aliphatic heterocycles. The molecule has 7 heteroatoms. The van der Waals surface area contributed by atoms with Gasteiger partial charge in [-0.15, -0.1) is 0 Å². The highest BCUT2D eigenvalue weighted by Crippen LogP contribution is 2.22. The lowest BCUT2D eigenvalue weighted by atomic mass is 10.2. The van der Waals surface area contributed by atoms with Crippen molar-refractivity contribution in [3.8, 4) is 11.5 Å². The molecule has 1 aromatic heterocycles. The number of methoxy groups -OCH3 is 2. The van der Waals surface area contributed by atoms with Crippen LogP contribution in [-0.4, -0.2) is 35.9 Å². The Balaban J connectivity index is 1.67. The zero-order valence-corrected chi connectivity index (χ0v) is 14.0. The van der Waals surface area contributed by atoms with Crippen molar-refractivity contribution in [2.24, 2.45) is 5.10 Å². The largest absolute Gasteiger partial charge is 0.497 e. The Hall–Kier alpha value is -3.35. The molecule has 0 aliphatic rings. The average Bonchev–Trinajstić information content (AvgIpc) is 3.04. The van der Waals surface area contributed by atoms with Crippen LogP contribution in [0.25, 0.3) is 11.0 Å². The number of rotatable bonds is 6. The molecule has 0 bridgehead atoms. The number of ether oxygens (including phenoxy) is 2. The third-order valence-corrected chi connectivity index (χ3v) is 3.67. The number of nitrogens with one attached hydrogen (secondary N) is 1. The molecule has 1 N–H and O–H groups in total. The van der Waals surface area contributed by atoms with Crippen molar-refractivity contribution >= 4 is 23.2 Å². The molecule has 3 aromatic rings. The van der Waals surface area contributed by atoms with Crippen LogP contribution in [0.5, 0.6) is 11.5 Å². The zero-order valence-electron chi connectivity index (χ0n) is 14.0. The van der Waals surface area contributed by atoms with Gasteiger partial charge in [0.15, 0.2) is 0 Å². The van der Waals surface area contributed by atoms with Gasteiger partial charge in [-0.2, -0.15) is 5.10 Å². The van der Waals surface area contributed by atoms with E-state index in [4.69, 9.17) is 9.47 Å². The zero-order chi connectivity index (χ0) is 17.6. The smallest absolute Gasteiger partial charge is 0.260 e. The van der Waals surface area contributed by atoms with Gasteiger partial charge in [-0.3, -0.25) is 4.79 Å². The maximum absolute atomic E-state index is 12.1. The SMILES string of the molecule is COc1ccc(OC)c(/C=N/NC(=O)Cn2cnc3ccccc32)c1. The molecule has 0 saturated carbocycles. The van der Waals surface area contributed by atoms with E-state index in [0.717, 1.165) is 11.0 Å². The lowest BCUT2D eigenvalue weighted by Crippen LogP contribution is -2.22. The Labute approximate surface area is 144 Å². The van der Waals surface area contributed by atoms with Gasteiger partial charge in [0.05, 0.1) is 37.8 Å². The highest BCUT2D eigenvalue weighted by atomic mass is 16.5. The number of hydrazone groups is 1. The Kier molecular flexibility index (Phi) is 4.94. The summed E-state index contributed by atoms with van der Waals surface area (Å²) in [4.78, 5) is 16.3. The lowest BCUT2D eigenvalue weighted by molar-refractivity contribution is -0.121. The number of carbonyl (C=O) groups is 1. The first kappa shape index (κ1) is 16.5. The van der Waals surface area contributed by atoms with E-state index in [1.54, 1.807) is 43.3 Å². The van der Waals surface area contributed by atoms with Gasteiger partial charge < -0.3 is 14.0 Å². The highest BCUT2D eigenvalue weighted by Gasteiger charge is 2.06. The number of nitrogens with zero attached hydrogens (tertiary/aromatic N) is 3. The second kappa shape index (κ2) is 7.48. The van der Waals surface area contributed by atoms with E-state index in [1.807, 2.05) is 24.3 Å². The summed E-state index contributed by atoms with van der Waals surface area (Å²) < 4.78 is 12.2. The fourth-order valence-corrected chi connectivity index (χ4v) is 2.44. The Morgan fingerprint density at radius 1 is 1.24 bits per heavy atom. The van der Waals surface area contributed by atoms with Gasteiger partial charge in [-0.25, -0.2) is 10.4 Å². The van der Waals surface area contributed by atoms with Gasteiger partial charge in [-0.05, 0) is 30.3 Å². The monoisotopic (exact) mass is 338 g/mol. The molecule has 0 fully saturated rings. The summed E-state index contributed by atoms with van der Waals surface area (Å²) in [7, 11) is 3.15. The Morgan fingerprint density at radius 3 is 2.88 bits per heavy atom. The normalized spacial score (nSPS) is 11.0. The van der Waals surface area contributed by atoms with Crippen LogP contribution in [-0.2, 0) is 11.3 Å². The molecular weight excluding hydrogens is 320 g/mol. The standard InChI is InChI=1S/C18H18N4O3/c1-24-14-7-8-17(25-2)13(9-14)10-20-21-18(23)11-22-12-19-15-5-3-4-6-16(15)22/h3-10,12H,11H2,1-2H3,(H,21,23)/b20-10+. The van der Waals surface area contributed by atoms with Crippen molar-refractivity contribution in [1.82, 2.24) is 15.0 Å². The maximum Gasteiger partial charge on any atom is 0.260 e. The summed E-state index contributed by atoms with van der Waals surface area (Å²) in [5.41, 5.74) is 4.96. The number of hydrogen-bond acceptors (Lipinski definition) is 5. The van der Waals surface area contributed by atoms with Crippen molar-refractivity contribution in [3.63, 3.8) is 0 Å². The van der Waals surface area contributed by atoms with Crippen molar-refractivity contribution in [2.75, 3.05) is 14.2 Å². The molecule has 7 nitrogen and oxygen atoms in total. The molecule has 2 aromatic carbocycles. The maximum atomic E-state index is 12.1. The minimum absolute atomic E-state index is 0.132. The van der Waals surface area contributed by atoms with Gasteiger partial charge in [0.2, 0.25) is 0 Å². The second-order valence-corrected chi connectivity index (χ2v) is 5.26. The summed E-state index contributed by atoms with van der Waals surface area (Å²) in [6.07, 6.45) is 3.16. The number of benzene rings is 2. The predicted octanol–water partition coefficient (Wildman–Crippen LogP) is 2.20. The lowest BCUT2D eigenvalue weighted by Gasteiger charge is -2.07. The number of imidazole rings is 1. The minimum Gasteiger partial charge on any atom is -0.497 e. The summed E-state index contributed by atoms with van der Waals surface area (Å²) in [5, 5.41) is 3.99. The van der Waals surface area contributed by atoms with Crippen LogP contribution >= 0.6 is 0 Å². The van der Waals surface area contributed by atoms with Crippen molar-refractivity contribution < 1.29 is 14.3 Å². The third-order valence-electron chi connectivity index (χ3n) is 3.67. The van der Waals surface area contributed by atoms with E-state index >= 15 is 0 Å². The van der Waals surface area contributed by atoms with Crippen molar-refractivity contribution in [2.45, 2.75) is 6.54 Å². The Bertz CT molecular complexity index is 918. The van der Waals surface area contributed by atoms with E-state index in [-0.39, 0.29) is 12.5 Å². The number of hydrogen-bond donors (Lipinski definition) is 1. The molecule has 0 spiro atoms. The predicted molar refractivity (Wildman–Crippen MR) is 95.0 cm³/mol. The summed E-state index contributed by atoms with van der Waals surface area (Å²) >= 11 is 0. The first-order valence-electron chi connectivity index (χ1n) is 7.65. The Morgan fingerprint density at radius 2 is 2.08 bits per heavy atom. The molecule has 0 aliphatic carbocycles. The second-order valence-electron chi connectivity index (χ2n) is 5.26. The quantitative estimate of drug-likeness (QED) is 0.552. The molecule has 1 heterocycles. The molecule has 128 valence electrons. The number of para-hydroxylation sites is 2. The van der Waals surface area contributed by atoms with Gasteiger partial charge in [0, 0.05) is 5.56 Å². The number of fused-ring (bicyclic) bond motifs is 1. The summed E-state index contributed by atoms with van der Waals surface area (Å²) in [6, 6.07) is 13.0. The van der Waals surface area contributed by atoms with Gasteiger partial charge in [0.25, 0.3) is 5.91 Å². The van der Waals surface area contributed by atoms with Crippen LogP contribution in [0, 0.1) is 0 Å². The number of amides is 1. The van der Waals surface area contributed by atoms with E-state index in [0.29, 0.717) is 17.1 Å². The van der Waals surface area contributed by atoms with Crippen LogP contribution in [0.1, 0.15) is 5.56 Å². The third kappa shape index (κ3) is 3.77. The molecule has 1 amide bonds. The topological polar surface area (TPSA) is 77.7 Å². The number of aromatic nitrogens is 2. The van der Waals surface area contributed by atoms with Crippen LogP contribution in [0.2, 0.25) is 0 Å². The van der Waals surface area contributed by atoms with Gasteiger partial charge >= 0.3 is 0 Å². The highest BCUT2D eigenvalue weighted by molar-refractivity contribution is 5.86. The fourth-order valence-electron chi connectivity index (χ4n) is 2.44. The van der Waals surface area contributed by atoms with Gasteiger partial charge in [0.1, 0.15) is 18.0 Å². The molecular formula is C18H18N4O3. The van der Waals surface area contributed by atoms with E-state index in [2.05, 4.69) is 15.5 Å². The molecule has 3 rings (SSSR count). The first-order chi connectivity index (χ1) is 12.2. The van der Waals surface area contributed by atoms with Crippen LogP contribution < -0.4 is 14.9 Å². The van der Waals surface area contributed by atoms with Crippen molar-refractivity contribution in [3.05, 3.63) is 54.4 Å². The molecule has 25 heavy (non-hydrogen) atoms. The van der Waals surface area contributed by atoms with E-state index < -0.39 is 0 Å². The van der Waals surface area contributed by atoms with Crippen LogP contribution in [0.3, 0.4) is 0 Å². The van der Waals surface area contributed by atoms with E-state index in [9.17, 15) is 4.79 Å². The number of carbonyl (C=O) groups excluding carboxylic acids is 1. The van der Waals surface area contributed by atoms with Crippen LogP contribution in [0.4, 0.5) is 0 Å². The van der Waals surface area contributed by atoms with E-state index in [1.165, 1.54) is 6.21 Å². The van der Waals surface area contributed by atoms with Crippen molar-refractivity contribution in [1.29, 1.82) is 0 Å². The molecule has 0 atom stereocenters. The minimum atomic E-state index is -0.249. The summed E-state index contributed by atoms with van der Waals surface area (Å²) in [6.45, 7) is 0.132. The van der Waals surface area contributed by atoms with Crippen LogP contribution in [0.15, 0.2) is 53.9 Å². The average molecular weight is 338 g/mol. The fraction of sp³-hybridized carbons (Fsp3) is 0.167.